The Balaban J connectivity index is 2.79. The quantitative estimate of drug-likeness (QED) is 0.851. The molecule has 6 nitrogen and oxygen atoms in total. The molecule has 2 aromatic rings. The van der Waals surface area contributed by atoms with Crippen LogP contribution in [0.15, 0.2) is 27.8 Å². The molecule has 1 aromatic heterocycles. The molecule has 0 atom stereocenters. The SMILES string of the molecule is O=C(O)c1cc(-n2c(=O)cc(C(F)(F)F)[nH]c2=O)c(Cl)cc1Cl. The first-order chi connectivity index (χ1) is 10.5. The van der Waals surface area contributed by atoms with E-state index in [4.69, 9.17) is 28.3 Å². The van der Waals surface area contributed by atoms with E-state index in [1.807, 2.05) is 0 Å². The van der Waals surface area contributed by atoms with Crippen LogP contribution in [0.2, 0.25) is 10.0 Å². The van der Waals surface area contributed by atoms with Crippen LogP contribution in [0.25, 0.3) is 5.69 Å². The number of halogens is 5. The number of aromatic nitrogens is 2. The fourth-order valence-electron chi connectivity index (χ4n) is 1.75. The van der Waals surface area contributed by atoms with E-state index < -0.39 is 40.3 Å². The summed E-state index contributed by atoms with van der Waals surface area (Å²) in [6, 6.07) is 1.94. The summed E-state index contributed by atoms with van der Waals surface area (Å²) in [6.45, 7) is 0. The molecule has 0 bridgehead atoms. The van der Waals surface area contributed by atoms with Crippen molar-refractivity contribution in [3.8, 4) is 5.69 Å². The molecule has 2 N–H and O–H groups in total. The molecule has 0 saturated heterocycles. The van der Waals surface area contributed by atoms with Gasteiger partial charge < -0.3 is 10.1 Å². The summed E-state index contributed by atoms with van der Waals surface area (Å²) < 4.78 is 37.9. The van der Waals surface area contributed by atoms with Crippen molar-refractivity contribution in [1.29, 1.82) is 0 Å². The van der Waals surface area contributed by atoms with Crippen molar-refractivity contribution in [3.63, 3.8) is 0 Å². The first kappa shape index (κ1) is 17.1. The normalized spacial score (nSPS) is 11.5. The second-order valence-corrected chi connectivity index (χ2v) is 5.06. The first-order valence-corrected chi connectivity index (χ1v) is 6.44. The fraction of sp³-hybridized carbons (Fsp3) is 0.0833. The van der Waals surface area contributed by atoms with Crippen LogP contribution in [-0.2, 0) is 6.18 Å². The number of aromatic amines is 1. The molecule has 0 amide bonds. The predicted octanol–water partition coefficient (Wildman–Crippen LogP) is 2.55. The van der Waals surface area contributed by atoms with Crippen molar-refractivity contribution in [3.05, 3.63) is 60.3 Å². The van der Waals surface area contributed by atoms with Crippen molar-refractivity contribution in [1.82, 2.24) is 9.55 Å². The van der Waals surface area contributed by atoms with Crippen molar-refractivity contribution in [2.45, 2.75) is 6.18 Å². The zero-order chi connectivity index (χ0) is 17.5. The second kappa shape index (κ2) is 5.74. The van der Waals surface area contributed by atoms with Gasteiger partial charge in [0.2, 0.25) is 0 Å². The lowest BCUT2D eigenvalue weighted by Gasteiger charge is -2.11. The maximum Gasteiger partial charge on any atom is 0.431 e. The van der Waals surface area contributed by atoms with E-state index in [9.17, 15) is 27.6 Å². The number of carbonyl (C=O) groups is 1. The second-order valence-electron chi connectivity index (χ2n) is 4.25. The third kappa shape index (κ3) is 3.25. The average molecular weight is 369 g/mol. The summed E-state index contributed by atoms with van der Waals surface area (Å²) in [6.07, 6.45) is -4.92. The van der Waals surface area contributed by atoms with E-state index in [0.717, 1.165) is 12.1 Å². The molecule has 0 saturated carbocycles. The minimum absolute atomic E-state index is 0.160. The van der Waals surface area contributed by atoms with Gasteiger partial charge in [0.15, 0.2) is 0 Å². The minimum atomic E-state index is -4.92. The van der Waals surface area contributed by atoms with Crippen molar-refractivity contribution in [2.24, 2.45) is 0 Å². The van der Waals surface area contributed by atoms with Gasteiger partial charge in [0.05, 0.1) is 21.3 Å². The standard InChI is InChI=1S/C12H5Cl2F3N2O4/c13-5-2-6(14)7(1-4(5)10(21)22)19-9(20)3-8(12(15,16)17)18-11(19)23/h1-3H,(H,18,23)(H,21,22). The van der Waals surface area contributed by atoms with Crippen LogP contribution in [-0.4, -0.2) is 20.6 Å². The van der Waals surface area contributed by atoms with Crippen LogP contribution in [0.3, 0.4) is 0 Å². The van der Waals surface area contributed by atoms with Crippen LogP contribution in [0.4, 0.5) is 13.2 Å². The van der Waals surface area contributed by atoms with Crippen molar-refractivity contribution in [2.75, 3.05) is 0 Å². The van der Waals surface area contributed by atoms with Gasteiger partial charge in [-0.15, -0.1) is 0 Å². The number of carboxylic acid groups (broad SMARTS) is 1. The molecule has 23 heavy (non-hydrogen) atoms. The number of hydrogen-bond acceptors (Lipinski definition) is 3. The lowest BCUT2D eigenvalue weighted by Crippen LogP contribution is -2.36. The maximum absolute atomic E-state index is 12.5. The zero-order valence-corrected chi connectivity index (χ0v) is 12.3. The molecular weight excluding hydrogens is 364 g/mol. The summed E-state index contributed by atoms with van der Waals surface area (Å²) in [7, 11) is 0. The zero-order valence-electron chi connectivity index (χ0n) is 10.7. The Labute approximate surface area is 134 Å². The van der Waals surface area contributed by atoms with Gasteiger partial charge in [-0.1, -0.05) is 23.2 Å². The highest BCUT2D eigenvalue weighted by atomic mass is 35.5. The van der Waals surface area contributed by atoms with Gasteiger partial charge >= 0.3 is 17.8 Å². The summed E-state index contributed by atoms with van der Waals surface area (Å²) in [5, 5.41) is 8.42. The Morgan fingerprint density at radius 1 is 1.13 bits per heavy atom. The number of rotatable bonds is 2. The highest BCUT2D eigenvalue weighted by Crippen LogP contribution is 2.28. The third-order valence-electron chi connectivity index (χ3n) is 2.75. The van der Waals surface area contributed by atoms with Crippen molar-refractivity contribution >= 4 is 29.2 Å². The molecule has 0 aliphatic carbocycles. The van der Waals surface area contributed by atoms with Gasteiger partial charge in [0.1, 0.15) is 5.69 Å². The summed E-state index contributed by atoms with van der Waals surface area (Å²) in [5.41, 5.74) is -5.18. The lowest BCUT2D eigenvalue weighted by atomic mass is 10.2. The van der Waals surface area contributed by atoms with Crippen molar-refractivity contribution < 1.29 is 23.1 Å². The van der Waals surface area contributed by atoms with E-state index in [1.54, 1.807) is 0 Å². The van der Waals surface area contributed by atoms with Crippen LogP contribution in [0, 0.1) is 0 Å². The Kier molecular flexibility index (Phi) is 4.27. The molecule has 1 heterocycles. The van der Waals surface area contributed by atoms with Crippen LogP contribution in [0.1, 0.15) is 16.1 Å². The molecule has 1 aromatic carbocycles. The number of carboxylic acids is 1. The highest BCUT2D eigenvalue weighted by molar-refractivity contribution is 6.37. The molecule has 0 aliphatic heterocycles. The van der Waals surface area contributed by atoms with E-state index in [0.29, 0.717) is 0 Å². The topological polar surface area (TPSA) is 92.2 Å². The Hall–Kier alpha value is -2.26. The Morgan fingerprint density at radius 3 is 2.22 bits per heavy atom. The van der Waals surface area contributed by atoms with E-state index in [2.05, 4.69) is 0 Å². The number of nitrogens with zero attached hydrogens (tertiary/aromatic N) is 1. The highest BCUT2D eigenvalue weighted by Gasteiger charge is 2.33. The van der Waals surface area contributed by atoms with Gasteiger partial charge in [0, 0.05) is 6.07 Å². The number of nitrogens with one attached hydrogen (secondary N) is 1. The van der Waals surface area contributed by atoms with Gasteiger partial charge in [-0.05, 0) is 12.1 Å². The van der Waals surface area contributed by atoms with Crippen LogP contribution < -0.4 is 11.2 Å². The first-order valence-electron chi connectivity index (χ1n) is 5.68. The molecule has 11 heteroatoms. The molecule has 122 valence electrons. The molecular formula is C12H5Cl2F3N2O4. The number of benzene rings is 1. The molecule has 0 fully saturated rings. The Bertz CT molecular complexity index is 887. The predicted molar refractivity (Wildman–Crippen MR) is 74.6 cm³/mol. The Morgan fingerprint density at radius 2 is 1.74 bits per heavy atom. The fourth-order valence-corrected chi connectivity index (χ4v) is 2.30. The monoisotopic (exact) mass is 368 g/mol. The van der Waals surface area contributed by atoms with Gasteiger partial charge in [0.25, 0.3) is 5.56 Å². The largest absolute Gasteiger partial charge is 0.478 e. The van der Waals surface area contributed by atoms with E-state index in [1.165, 1.54) is 4.98 Å². The summed E-state index contributed by atoms with van der Waals surface area (Å²) in [4.78, 5) is 36.1. The number of aromatic carboxylic acids is 1. The molecule has 0 radical (unpaired) electrons. The molecule has 0 aliphatic rings. The van der Waals surface area contributed by atoms with Crippen LogP contribution in [0.5, 0.6) is 0 Å². The number of alkyl halides is 3. The number of H-pyrrole nitrogens is 1. The number of hydrogen-bond donors (Lipinski definition) is 2. The van der Waals surface area contributed by atoms with Gasteiger partial charge in [-0.25, -0.2) is 14.2 Å². The maximum atomic E-state index is 12.5. The van der Waals surface area contributed by atoms with Gasteiger partial charge in [-0.2, -0.15) is 13.2 Å². The molecule has 0 unspecified atom stereocenters. The molecule has 0 spiro atoms. The smallest absolute Gasteiger partial charge is 0.431 e. The van der Waals surface area contributed by atoms with Crippen LogP contribution >= 0.6 is 23.2 Å². The molecule has 2 rings (SSSR count). The minimum Gasteiger partial charge on any atom is -0.478 e. The van der Waals surface area contributed by atoms with E-state index >= 15 is 0 Å². The van der Waals surface area contributed by atoms with Gasteiger partial charge in [-0.3, -0.25) is 4.79 Å². The summed E-state index contributed by atoms with van der Waals surface area (Å²) >= 11 is 11.5. The van der Waals surface area contributed by atoms with E-state index in [-0.39, 0.29) is 20.7 Å². The lowest BCUT2D eigenvalue weighted by molar-refractivity contribution is -0.141. The third-order valence-corrected chi connectivity index (χ3v) is 3.36. The average Bonchev–Trinajstić information content (AvgIpc) is 2.38. The summed E-state index contributed by atoms with van der Waals surface area (Å²) in [5.74, 6) is -1.47.